The first kappa shape index (κ1) is 22.1. The van der Waals surface area contributed by atoms with Gasteiger partial charge in [-0.25, -0.2) is 9.67 Å². The number of hydrogen-bond acceptors (Lipinski definition) is 9. The molecule has 0 spiro atoms. The highest BCUT2D eigenvalue weighted by atomic mass is 32.1. The topological polar surface area (TPSA) is 72.2 Å². The Hall–Kier alpha value is -3.34. The largest absolute Gasteiger partial charge is 0.497 e. The van der Waals surface area contributed by atoms with Gasteiger partial charge in [-0.3, -0.25) is 4.90 Å². The summed E-state index contributed by atoms with van der Waals surface area (Å²) in [5.74, 6) is 1.70. The lowest BCUT2D eigenvalue weighted by Gasteiger charge is -2.38. The minimum Gasteiger partial charge on any atom is -0.497 e. The van der Waals surface area contributed by atoms with Crippen LogP contribution in [0.2, 0.25) is 0 Å². The molecule has 8 nitrogen and oxygen atoms in total. The van der Waals surface area contributed by atoms with Gasteiger partial charge < -0.3 is 9.64 Å². The third-order valence-corrected chi connectivity index (χ3v) is 8.31. The Kier molecular flexibility index (Phi) is 6.15. The molecule has 0 unspecified atom stereocenters. The van der Waals surface area contributed by atoms with E-state index in [1.807, 2.05) is 22.9 Å². The molecule has 0 aliphatic carbocycles. The smallest absolute Gasteiger partial charge is 0.186 e. The van der Waals surface area contributed by atoms with Gasteiger partial charge in [0.15, 0.2) is 11.0 Å². The van der Waals surface area contributed by atoms with E-state index >= 15 is 0 Å². The summed E-state index contributed by atoms with van der Waals surface area (Å²) in [4.78, 5) is 11.0. The Balaban J connectivity index is 1.27. The zero-order valence-electron chi connectivity index (χ0n) is 19.3. The van der Waals surface area contributed by atoms with Crippen molar-refractivity contribution in [3.63, 3.8) is 0 Å². The lowest BCUT2D eigenvalue weighted by molar-refractivity contribution is 0.201. The summed E-state index contributed by atoms with van der Waals surface area (Å²) in [5.41, 5.74) is 2.22. The Labute approximate surface area is 211 Å². The Morgan fingerprint density at radius 3 is 2.54 bits per heavy atom. The van der Waals surface area contributed by atoms with Crippen LogP contribution < -0.4 is 9.64 Å². The molecule has 0 bridgehead atoms. The molecule has 5 aromatic rings. The maximum Gasteiger partial charge on any atom is 0.186 e. The van der Waals surface area contributed by atoms with E-state index in [-0.39, 0.29) is 6.04 Å². The molecule has 2 aromatic carbocycles. The molecule has 4 heterocycles. The molecule has 10 heteroatoms. The van der Waals surface area contributed by atoms with Gasteiger partial charge >= 0.3 is 0 Å². The summed E-state index contributed by atoms with van der Waals surface area (Å²) in [6.07, 6.45) is 0. The van der Waals surface area contributed by atoms with E-state index in [0.29, 0.717) is 6.54 Å². The van der Waals surface area contributed by atoms with Gasteiger partial charge in [-0.1, -0.05) is 41.7 Å². The minimum absolute atomic E-state index is 0.0478. The van der Waals surface area contributed by atoms with Crippen LogP contribution in [0.25, 0.3) is 10.2 Å². The van der Waals surface area contributed by atoms with E-state index in [1.54, 1.807) is 29.8 Å². The van der Waals surface area contributed by atoms with Gasteiger partial charge in [0.1, 0.15) is 5.75 Å². The van der Waals surface area contributed by atoms with Crippen molar-refractivity contribution >= 4 is 38.0 Å². The van der Waals surface area contributed by atoms with E-state index in [9.17, 15) is 0 Å². The number of para-hydroxylation sites is 1. The number of ether oxygens (including phenoxy) is 1. The predicted molar refractivity (Wildman–Crippen MR) is 139 cm³/mol. The molecule has 0 radical (unpaired) electrons. The fourth-order valence-electron chi connectivity index (χ4n) is 4.55. The average Bonchev–Trinajstić information content (AvgIpc) is 3.67. The van der Waals surface area contributed by atoms with Crippen LogP contribution in [0.4, 0.5) is 5.13 Å². The molecular formula is C25H25N7OS2. The van der Waals surface area contributed by atoms with Crippen molar-refractivity contribution in [3.8, 4) is 5.75 Å². The number of aromatic nitrogens is 5. The van der Waals surface area contributed by atoms with Crippen molar-refractivity contribution in [2.45, 2.75) is 12.6 Å². The van der Waals surface area contributed by atoms with E-state index < -0.39 is 0 Å². The monoisotopic (exact) mass is 503 g/mol. The minimum atomic E-state index is -0.0478. The summed E-state index contributed by atoms with van der Waals surface area (Å²) in [6.45, 7) is 4.24. The number of nitrogens with zero attached hydrogens (tertiary/aromatic N) is 7. The van der Waals surface area contributed by atoms with E-state index in [4.69, 9.17) is 9.72 Å². The molecule has 1 atom stereocenters. The zero-order valence-corrected chi connectivity index (χ0v) is 21.0. The Morgan fingerprint density at radius 2 is 1.80 bits per heavy atom. The third-order valence-electron chi connectivity index (χ3n) is 6.35. The average molecular weight is 504 g/mol. The van der Waals surface area contributed by atoms with Crippen LogP contribution in [0.15, 0.2) is 66.0 Å². The molecular weight excluding hydrogens is 478 g/mol. The van der Waals surface area contributed by atoms with Gasteiger partial charge in [0, 0.05) is 31.1 Å². The van der Waals surface area contributed by atoms with Crippen molar-refractivity contribution in [3.05, 3.63) is 82.3 Å². The standard InChI is InChI=1S/C25H25N7OS2/c1-33-19-10-8-18(9-11-19)23(24-27-28-29-32(24)17-20-5-4-16-34-20)30-12-14-31(15-13-30)25-26-21-6-2-3-7-22(21)35-25/h2-11,16,23H,12-15,17H2,1H3/t23-/m1/s1. The highest BCUT2D eigenvalue weighted by Gasteiger charge is 2.31. The molecule has 3 aromatic heterocycles. The van der Waals surface area contributed by atoms with Gasteiger partial charge in [-0.05, 0) is 51.7 Å². The number of anilines is 1. The Morgan fingerprint density at radius 1 is 0.971 bits per heavy atom. The number of thiophene rings is 1. The molecule has 0 saturated carbocycles. The fraction of sp³-hybridized carbons (Fsp3) is 0.280. The SMILES string of the molecule is COc1ccc([C@H](c2nnnn2Cc2cccs2)N2CCN(c3nc4ccccc4s3)CC2)cc1. The molecule has 1 aliphatic rings. The van der Waals surface area contributed by atoms with Crippen LogP contribution in [-0.4, -0.2) is 63.4 Å². The first-order chi connectivity index (χ1) is 17.3. The van der Waals surface area contributed by atoms with Crippen LogP contribution in [0.5, 0.6) is 5.75 Å². The molecule has 35 heavy (non-hydrogen) atoms. The first-order valence-electron chi connectivity index (χ1n) is 11.6. The summed E-state index contributed by atoms with van der Waals surface area (Å²) >= 11 is 3.48. The molecule has 6 rings (SSSR count). The maximum atomic E-state index is 5.40. The number of tetrazole rings is 1. The van der Waals surface area contributed by atoms with Gasteiger partial charge in [-0.15, -0.1) is 16.4 Å². The second-order valence-corrected chi connectivity index (χ2v) is 10.5. The number of fused-ring (bicyclic) bond motifs is 1. The summed E-state index contributed by atoms with van der Waals surface area (Å²) < 4.78 is 8.56. The lowest BCUT2D eigenvalue weighted by Crippen LogP contribution is -2.48. The summed E-state index contributed by atoms with van der Waals surface area (Å²) in [7, 11) is 1.69. The van der Waals surface area contributed by atoms with Crippen molar-refractivity contribution < 1.29 is 4.74 Å². The Bertz CT molecular complexity index is 1360. The summed E-state index contributed by atoms with van der Waals surface area (Å²) in [5, 5.41) is 16.1. The van der Waals surface area contributed by atoms with E-state index in [2.05, 4.69) is 73.2 Å². The number of piperazine rings is 1. The maximum absolute atomic E-state index is 5.40. The first-order valence-corrected chi connectivity index (χ1v) is 13.2. The van der Waals surface area contributed by atoms with Crippen LogP contribution in [0.3, 0.4) is 0 Å². The van der Waals surface area contributed by atoms with Crippen LogP contribution >= 0.6 is 22.7 Å². The van der Waals surface area contributed by atoms with Crippen LogP contribution in [0, 0.1) is 0 Å². The highest BCUT2D eigenvalue weighted by molar-refractivity contribution is 7.22. The van der Waals surface area contributed by atoms with Crippen molar-refractivity contribution in [1.82, 2.24) is 30.1 Å². The van der Waals surface area contributed by atoms with Crippen molar-refractivity contribution in [1.29, 1.82) is 0 Å². The summed E-state index contributed by atoms with van der Waals surface area (Å²) in [6, 6.07) is 20.7. The quantitative estimate of drug-likeness (QED) is 0.328. The number of hydrogen-bond donors (Lipinski definition) is 0. The third kappa shape index (κ3) is 4.52. The zero-order chi connectivity index (χ0) is 23.6. The molecule has 0 amide bonds. The number of benzene rings is 2. The van der Waals surface area contributed by atoms with Gasteiger partial charge in [-0.2, -0.15) is 0 Å². The van der Waals surface area contributed by atoms with E-state index in [1.165, 1.54) is 9.58 Å². The predicted octanol–water partition coefficient (Wildman–Crippen LogP) is 4.31. The van der Waals surface area contributed by atoms with E-state index in [0.717, 1.165) is 54.0 Å². The van der Waals surface area contributed by atoms with Crippen LogP contribution in [-0.2, 0) is 6.54 Å². The molecule has 1 saturated heterocycles. The lowest BCUT2D eigenvalue weighted by atomic mass is 10.0. The van der Waals surface area contributed by atoms with Gasteiger partial charge in [0.05, 0.1) is 29.9 Å². The second-order valence-electron chi connectivity index (χ2n) is 8.44. The number of methoxy groups -OCH3 is 1. The number of rotatable bonds is 7. The molecule has 1 aliphatic heterocycles. The normalized spacial score (nSPS) is 15.5. The molecule has 0 N–H and O–H groups in total. The van der Waals surface area contributed by atoms with Crippen LogP contribution in [0.1, 0.15) is 22.3 Å². The van der Waals surface area contributed by atoms with Crippen molar-refractivity contribution in [2.75, 3.05) is 38.2 Å². The second kappa shape index (κ2) is 9.73. The fourth-order valence-corrected chi connectivity index (χ4v) is 6.25. The van der Waals surface area contributed by atoms with Crippen molar-refractivity contribution in [2.24, 2.45) is 0 Å². The number of thiazole rings is 1. The highest BCUT2D eigenvalue weighted by Crippen LogP contribution is 2.33. The molecule has 1 fully saturated rings. The van der Waals surface area contributed by atoms with Gasteiger partial charge in [0.25, 0.3) is 0 Å². The molecule has 178 valence electrons. The van der Waals surface area contributed by atoms with Gasteiger partial charge in [0.2, 0.25) is 0 Å².